The Bertz CT molecular complexity index is 619. The maximum Gasteiger partial charge on any atom is 0.255 e. The zero-order valence-electron chi connectivity index (χ0n) is 12.2. The third-order valence-electron chi connectivity index (χ3n) is 4.01. The number of ether oxygens (including phenoxy) is 1. The molecule has 0 unspecified atom stereocenters. The fourth-order valence-electron chi connectivity index (χ4n) is 2.68. The van der Waals surface area contributed by atoms with Crippen molar-refractivity contribution in [2.24, 2.45) is 7.05 Å². The average molecular weight is 289 g/mol. The van der Waals surface area contributed by atoms with E-state index in [1.807, 2.05) is 14.0 Å². The first-order chi connectivity index (χ1) is 10.1. The van der Waals surface area contributed by atoms with Crippen molar-refractivity contribution in [3.05, 3.63) is 29.8 Å². The Morgan fingerprint density at radius 2 is 2.33 bits per heavy atom. The highest BCUT2D eigenvalue weighted by Crippen LogP contribution is 2.24. The summed E-state index contributed by atoms with van der Waals surface area (Å²) in [5, 5.41) is 13.8. The van der Waals surface area contributed by atoms with Gasteiger partial charge in [-0.05, 0) is 26.2 Å². The predicted molar refractivity (Wildman–Crippen MR) is 76.1 cm³/mol. The van der Waals surface area contributed by atoms with Crippen molar-refractivity contribution >= 4 is 5.91 Å². The van der Waals surface area contributed by atoms with Gasteiger partial charge in [-0.15, -0.1) is 0 Å². The number of carbonyl (C=O) groups is 1. The van der Waals surface area contributed by atoms with E-state index >= 15 is 0 Å². The lowest BCUT2D eigenvalue weighted by atomic mass is 10.2. The Kier molecular flexibility index (Phi) is 3.64. The molecule has 2 heterocycles. The molecule has 0 aliphatic heterocycles. The zero-order valence-corrected chi connectivity index (χ0v) is 12.2. The van der Waals surface area contributed by atoms with Crippen LogP contribution < -0.4 is 10.1 Å². The molecule has 1 amide bonds. The number of aromatic nitrogens is 4. The molecule has 2 aromatic heterocycles. The second-order valence-corrected chi connectivity index (χ2v) is 5.37. The van der Waals surface area contributed by atoms with E-state index in [2.05, 4.69) is 20.6 Å². The van der Waals surface area contributed by atoms with Crippen molar-refractivity contribution < 1.29 is 9.53 Å². The van der Waals surface area contributed by atoms with E-state index in [0.717, 1.165) is 25.0 Å². The van der Waals surface area contributed by atoms with Gasteiger partial charge in [-0.2, -0.15) is 10.2 Å². The molecule has 1 aliphatic carbocycles. The van der Waals surface area contributed by atoms with Crippen LogP contribution in [-0.4, -0.2) is 38.0 Å². The molecule has 1 fully saturated rings. The summed E-state index contributed by atoms with van der Waals surface area (Å²) in [4.78, 5) is 12.3. The maximum absolute atomic E-state index is 12.3. The number of nitrogens with zero attached hydrogens (tertiary/aromatic N) is 3. The van der Waals surface area contributed by atoms with Crippen molar-refractivity contribution in [2.75, 3.05) is 0 Å². The molecule has 2 atom stereocenters. The Labute approximate surface area is 122 Å². The number of aromatic amines is 1. The van der Waals surface area contributed by atoms with Crippen LogP contribution in [0.4, 0.5) is 0 Å². The van der Waals surface area contributed by atoms with Gasteiger partial charge < -0.3 is 10.1 Å². The van der Waals surface area contributed by atoms with E-state index in [9.17, 15) is 4.79 Å². The summed E-state index contributed by atoms with van der Waals surface area (Å²) in [6, 6.07) is 0.0204. The molecular formula is C14H19N5O2. The highest BCUT2D eigenvalue weighted by atomic mass is 16.5. The lowest BCUT2D eigenvalue weighted by Gasteiger charge is -2.21. The second-order valence-electron chi connectivity index (χ2n) is 5.37. The highest BCUT2D eigenvalue weighted by molar-refractivity contribution is 5.95. The van der Waals surface area contributed by atoms with E-state index < -0.39 is 0 Å². The predicted octanol–water partition coefficient (Wildman–Crippen LogP) is 1.18. The average Bonchev–Trinajstić information content (AvgIpc) is 3.17. The minimum Gasteiger partial charge on any atom is -0.485 e. The number of carbonyl (C=O) groups excluding carboxylic acids is 1. The van der Waals surface area contributed by atoms with Crippen molar-refractivity contribution in [3.63, 3.8) is 0 Å². The number of H-pyrrole nitrogens is 1. The fraction of sp³-hybridized carbons (Fsp3) is 0.500. The largest absolute Gasteiger partial charge is 0.485 e. The summed E-state index contributed by atoms with van der Waals surface area (Å²) in [6.45, 7) is 1.88. The monoisotopic (exact) mass is 289 g/mol. The minimum atomic E-state index is -0.0895. The zero-order chi connectivity index (χ0) is 14.8. The van der Waals surface area contributed by atoms with Gasteiger partial charge in [0.05, 0.1) is 30.2 Å². The van der Waals surface area contributed by atoms with Gasteiger partial charge in [-0.25, -0.2) is 0 Å². The van der Waals surface area contributed by atoms with Crippen molar-refractivity contribution in [1.29, 1.82) is 0 Å². The summed E-state index contributed by atoms with van der Waals surface area (Å²) in [7, 11) is 1.83. The van der Waals surface area contributed by atoms with E-state index in [0.29, 0.717) is 11.3 Å². The highest BCUT2D eigenvalue weighted by Gasteiger charge is 2.31. The third kappa shape index (κ3) is 2.76. The molecule has 0 bridgehead atoms. The van der Waals surface area contributed by atoms with Gasteiger partial charge >= 0.3 is 0 Å². The Morgan fingerprint density at radius 1 is 1.48 bits per heavy atom. The molecule has 1 aliphatic rings. The summed E-state index contributed by atoms with van der Waals surface area (Å²) >= 11 is 0. The molecule has 7 nitrogen and oxygen atoms in total. The van der Waals surface area contributed by atoms with Crippen LogP contribution in [0.1, 0.15) is 35.3 Å². The first kappa shape index (κ1) is 13.7. The van der Waals surface area contributed by atoms with Crippen LogP contribution >= 0.6 is 0 Å². The number of amides is 1. The second kappa shape index (κ2) is 5.59. The molecule has 1 saturated carbocycles. The number of nitrogens with one attached hydrogen (secondary N) is 2. The van der Waals surface area contributed by atoms with Gasteiger partial charge in [-0.1, -0.05) is 0 Å². The van der Waals surface area contributed by atoms with Crippen molar-refractivity contribution in [1.82, 2.24) is 25.3 Å². The van der Waals surface area contributed by atoms with E-state index in [4.69, 9.17) is 4.74 Å². The van der Waals surface area contributed by atoms with Crippen LogP contribution in [0, 0.1) is 6.92 Å². The molecule has 2 aromatic rings. The van der Waals surface area contributed by atoms with Crippen LogP contribution in [0.2, 0.25) is 0 Å². The molecular weight excluding hydrogens is 270 g/mol. The van der Waals surface area contributed by atoms with Crippen LogP contribution in [0.5, 0.6) is 5.75 Å². The minimum absolute atomic E-state index is 0.0106. The molecule has 21 heavy (non-hydrogen) atoms. The molecule has 0 aromatic carbocycles. The standard InChI is InChI=1S/C14H19N5O2/c1-9-11(8-17-19(9)2)14(20)18-12-4-3-5-13(12)21-10-6-15-16-7-10/h6-8,12-13H,3-5H2,1-2H3,(H,15,16)(H,18,20)/t12-,13+/m0/s1. The molecule has 0 saturated heterocycles. The first-order valence-corrected chi connectivity index (χ1v) is 7.10. The van der Waals surface area contributed by atoms with Crippen LogP contribution in [0.15, 0.2) is 18.6 Å². The van der Waals surface area contributed by atoms with Gasteiger partial charge in [0.1, 0.15) is 6.10 Å². The smallest absolute Gasteiger partial charge is 0.255 e. The van der Waals surface area contributed by atoms with E-state index in [1.54, 1.807) is 23.3 Å². The summed E-state index contributed by atoms with van der Waals surface area (Å²) in [5.41, 5.74) is 1.48. The third-order valence-corrected chi connectivity index (χ3v) is 4.01. The molecule has 2 N–H and O–H groups in total. The summed E-state index contributed by atoms with van der Waals surface area (Å²) < 4.78 is 7.57. The van der Waals surface area contributed by atoms with E-state index in [-0.39, 0.29) is 18.1 Å². The Morgan fingerprint density at radius 3 is 3.00 bits per heavy atom. The Balaban J connectivity index is 1.66. The normalized spacial score (nSPS) is 21.4. The molecule has 0 spiro atoms. The topological polar surface area (TPSA) is 84.8 Å². The van der Waals surface area contributed by atoms with Gasteiger partial charge in [0.25, 0.3) is 5.91 Å². The number of hydrogen-bond acceptors (Lipinski definition) is 4. The molecule has 112 valence electrons. The van der Waals surface area contributed by atoms with Gasteiger partial charge in [-0.3, -0.25) is 14.6 Å². The van der Waals surface area contributed by atoms with Gasteiger partial charge in [0.2, 0.25) is 0 Å². The van der Waals surface area contributed by atoms with Crippen molar-refractivity contribution in [3.8, 4) is 5.75 Å². The number of hydrogen-bond donors (Lipinski definition) is 2. The van der Waals surface area contributed by atoms with Gasteiger partial charge in [0, 0.05) is 12.7 Å². The molecule has 7 heteroatoms. The SMILES string of the molecule is Cc1c(C(=O)N[C@H]2CCC[C@H]2Oc2cn[nH]c2)cnn1C. The Hall–Kier alpha value is -2.31. The maximum atomic E-state index is 12.3. The number of aryl methyl sites for hydroxylation is 1. The molecule has 3 rings (SSSR count). The molecule has 0 radical (unpaired) electrons. The van der Waals surface area contributed by atoms with Crippen molar-refractivity contribution in [2.45, 2.75) is 38.3 Å². The number of rotatable bonds is 4. The summed E-state index contributed by atoms with van der Waals surface area (Å²) in [6.07, 6.45) is 7.84. The van der Waals surface area contributed by atoms with E-state index in [1.165, 1.54) is 0 Å². The lowest BCUT2D eigenvalue weighted by molar-refractivity contribution is 0.0893. The first-order valence-electron chi connectivity index (χ1n) is 7.10. The fourth-order valence-corrected chi connectivity index (χ4v) is 2.68. The quantitative estimate of drug-likeness (QED) is 0.885. The van der Waals surface area contributed by atoms with Crippen LogP contribution in [-0.2, 0) is 7.05 Å². The van der Waals surface area contributed by atoms with Crippen LogP contribution in [0.25, 0.3) is 0 Å². The van der Waals surface area contributed by atoms with Crippen LogP contribution in [0.3, 0.4) is 0 Å². The summed E-state index contributed by atoms with van der Waals surface area (Å²) in [5.74, 6) is 0.618. The lowest BCUT2D eigenvalue weighted by Crippen LogP contribution is -2.42. The van der Waals surface area contributed by atoms with Gasteiger partial charge in [0.15, 0.2) is 5.75 Å².